The molecular weight excluding hydrogens is 320 g/mol. The van der Waals surface area contributed by atoms with Crippen LogP contribution in [0.1, 0.15) is 42.5 Å². The van der Waals surface area contributed by atoms with Crippen molar-refractivity contribution in [3.63, 3.8) is 0 Å². The van der Waals surface area contributed by atoms with Crippen LogP contribution in [0, 0.1) is 11.8 Å². The lowest BCUT2D eigenvalue weighted by Gasteiger charge is -2.24. The van der Waals surface area contributed by atoms with E-state index in [-0.39, 0.29) is 17.7 Å². The molecule has 6 nitrogen and oxygen atoms in total. The van der Waals surface area contributed by atoms with Gasteiger partial charge in [0.05, 0.1) is 0 Å². The van der Waals surface area contributed by atoms with Crippen LogP contribution in [0.4, 0.5) is 5.69 Å². The number of carboxylic acids is 1. The second kappa shape index (κ2) is 6.17. The van der Waals surface area contributed by atoms with E-state index >= 15 is 0 Å². The average Bonchev–Trinajstić information content (AvgIpc) is 3.29. The maximum absolute atomic E-state index is 12.9. The molecule has 1 N–H and O–H groups in total. The molecule has 0 spiro atoms. The second-order valence-electron chi connectivity index (χ2n) is 7.29. The number of carbonyl (C=O) groups excluding carboxylic acids is 2. The number of aliphatic carboxylic acids is 1. The Morgan fingerprint density at radius 2 is 1.84 bits per heavy atom. The van der Waals surface area contributed by atoms with Gasteiger partial charge in [-0.25, -0.2) is 4.79 Å². The van der Waals surface area contributed by atoms with E-state index in [9.17, 15) is 19.5 Å². The molecule has 1 aliphatic carbocycles. The van der Waals surface area contributed by atoms with E-state index in [0.717, 1.165) is 31.4 Å². The summed E-state index contributed by atoms with van der Waals surface area (Å²) >= 11 is 0. The van der Waals surface area contributed by atoms with Gasteiger partial charge in [0.15, 0.2) is 0 Å². The summed E-state index contributed by atoms with van der Waals surface area (Å²) < 4.78 is 0. The number of likely N-dealkylation sites (tertiary alicyclic amines) is 1. The maximum Gasteiger partial charge on any atom is 0.326 e. The Balaban J connectivity index is 1.54. The minimum Gasteiger partial charge on any atom is -0.480 e. The van der Waals surface area contributed by atoms with Crippen LogP contribution < -0.4 is 4.90 Å². The van der Waals surface area contributed by atoms with Crippen molar-refractivity contribution in [2.75, 3.05) is 18.0 Å². The molecule has 1 saturated carbocycles. The van der Waals surface area contributed by atoms with Crippen molar-refractivity contribution >= 4 is 23.5 Å². The summed E-state index contributed by atoms with van der Waals surface area (Å²) in [5, 5.41) is 9.61. The Morgan fingerprint density at radius 3 is 2.48 bits per heavy atom. The van der Waals surface area contributed by atoms with E-state index in [2.05, 4.69) is 0 Å². The molecule has 2 heterocycles. The molecular formula is C19H22N2O4. The summed E-state index contributed by atoms with van der Waals surface area (Å²) in [6.45, 7) is 1.25. The molecule has 1 aromatic rings. The number of nitrogens with zero attached hydrogens (tertiary/aromatic N) is 2. The molecule has 25 heavy (non-hydrogen) atoms. The van der Waals surface area contributed by atoms with Gasteiger partial charge < -0.3 is 14.9 Å². The van der Waals surface area contributed by atoms with Gasteiger partial charge in [-0.2, -0.15) is 0 Å². The first kappa shape index (κ1) is 16.1. The van der Waals surface area contributed by atoms with Crippen LogP contribution in [-0.2, 0) is 9.59 Å². The van der Waals surface area contributed by atoms with Gasteiger partial charge in [0.2, 0.25) is 5.91 Å². The first-order chi connectivity index (χ1) is 12.1. The molecule has 2 amide bonds. The monoisotopic (exact) mass is 342 g/mol. The summed E-state index contributed by atoms with van der Waals surface area (Å²) in [6, 6.07) is 6.26. The average molecular weight is 342 g/mol. The summed E-state index contributed by atoms with van der Waals surface area (Å²) in [5.41, 5.74) is 1.29. The van der Waals surface area contributed by atoms with Crippen LogP contribution in [0.15, 0.2) is 24.3 Å². The lowest BCUT2D eigenvalue weighted by molar-refractivity contribution is -0.142. The van der Waals surface area contributed by atoms with Crippen LogP contribution in [-0.4, -0.2) is 46.9 Å². The van der Waals surface area contributed by atoms with Gasteiger partial charge >= 0.3 is 5.97 Å². The van der Waals surface area contributed by atoms with Crippen LogP contribution >= 0.6 is 0 Å². The molecule has 3 fully saturated rings. The molecule has 2 aliphatic heterocycles. The van der Waals surface area contributed by atoms with Gasteiger partial charge in [0.1, 0.15) is 6.04 Å². The Labute approximate surface area is 146 Å². The first-order valence-electron chi connectivity index (χ1n) is 9.00. The first-order valence-corrected chi connectivity index (χ1v) is 9.00. The van der Waals surface area contributed by atoms with Gasteiger partial charge in [-0.15, -0.1) is 0 Å². The third kappa shape index (κ3) is 2.69. The fourth-order valence-electron chi connectivity index (χ4n) is 4.70. The van der Waals surface area contributed by atoms with Crippen molar-refractivity contribution < 1.29 is 19.5 Å². The Hall–Kier alpha value is -2.37. The van der Waals surface area contributed by atoms with E-state index in [1.807, 2.05) is 0 Å². The molecule has 0 unspecified atom stereocenters. The van der Waals surface area contributed by atoms with Gasteiger partial charge in [-0.3, -0.25) is 9.59 Å². The SMILES string of the molecule is O=C(O)[C@@H]1[C@@H]2CCC[C@@H]2CN1C(=O)c1ccc(N2CCCC2=O)cc1. The van der Waals surface area contributed by atoms with Crippen molar-refractivity contribution in [1.82, 2.24) is 4.90 Å². The molecule has 0 radical (unpaired) electrons. The highest BCUT2D eigenvalue weighted by Gasteiger charge is 2.49. The zero-order valence-corrected chi connectivity index (χ0v) is 14.1. The quantitative estimate of drug-likeness (QED) is 0.913. The minimum absolute atomic E-state index is 0.0861. The van der Waals surface area contributed by atoms with Crippen LogP contribution in [0.3, 0.4) is 0 Å². The fraction of sp³-hybridized carbons (Fsp3) is 0.526. The summed E-state index contributed by atoms with van der Waals surface area (Å²) in [7, 11) is 0. The number of hydrogen-bond acceptors (Lipinski definition) is 3. The topological polar surface area (TPSA) is 77.9 Å². The molecule has 132 valence electrons. The molecule has 1 aromatic carbocycles. The smallest absolute Gasteiger partial charge is 0.326 e. The van der Waals surface area contributed by atoms with Crippen molar-refractivity contribution in [1.29, 1.82) is 0 Å². The van der Waals surface area contributed by atoms with Gasteiger partial charge in [-0.05, 0) is 55.4 Å². The molecule has 6 heteroatoms. The van der Waals surface area contributed by atoms with Gasteiger partial charge in [0.25, 0.3) is 5.91 Å². The van der Waals surface area contributed by atoms with Gasteiger partial charge in [0, 0.05) is 30.8 Å². The fourth-order valence-corrected chi connectivity index (χ4v) is 4.70. The molecule has 3 aliphatic rings. The number of carbonyl (C=O) groups is 3. The predicted molar refractivity (Wildman–Crippen MR) is 91.3 cm³/mol. The lowest BCUT2D eigenvalue weighted by atomic mass is 9.94. The van der Waals surface area contributed by atoms with E-state index in [1.54, 1.807) is 29.2 Å². The van der Waals surface area contributed by atoms with E-state index in [4.69, 9.17) is 0 Å². The number of hydrogen-bond donors (Lipinski definition) is 1. The third-order valence-electron chi connectivity index (χ3n) is 5.90. The molecule has 3 atom stereocenters. The normalized spacial score (nSPS) is 28.5. The van der Waals surface area contributed by atoms with E-state index < -0.39 is 12.0 Å². The zero-order valence-electron chi connectivity index (χ0n) is 14.1. The third-order valence-corrected chi connectivity index (χ3v) is 5.90. The molecule has 0 aromatic heterocycles. The molecule has 2 saturated heterocycles. The molecule has 0 bridgehead atoms. The highest BCUT2D eigenvalue weighted by atomic mass is 16.4. The molecule has 4 rings (SSSR count). The van der Waals surface area contributed by atoms with E-state index in [1.165, 1.54) is 4.90 Å². The van der Waals surface area contributed by atoms with Crippen molar-refractivity contribution in [3.8, 4) is 0 Å². The van der Waals surface area contributed by atoms with Crippen LogP contribution in [0.5, 0.6) is 0 Å². The highest BCUT2D eigenvalue weighted by Crippen LogP contribution is 2.42. The Morgan fingerprint density at radius 1 is 1.08 bits per heavy atom. The standard InChI is InChI=1S/C19H22N2O4/c22-16-5-2-10-20(16)14-8-6-12(7-9-14)18(23)21-11-13-3-1-4-15(13)17(21)19(24)25/h6-9,13,15,17H,1-5,10-11H2,(H,24,25)/t13-,15-,17+/m1/s1. The van der Waals surface area contributed by atoms with Crippen molar-refractivity contribution in [2.45, 2.75) is 38.1 Å². The second-order valence-corrected chi connectivity index (χ2v) is 7.29. The number of benzene rings is 1. The van der Waals surface area contributed by atoms with Crippen molar-refractivity contribution in [2.24, 2.45) is 11.8 Å². The lowest BCUT2D eigenvalue weighted by Crippen LogP contribution is -2.43. The number of rotatable bonds is 3. The largest absolute Gasteiger partial charge is 0.480 e. The van der Waals surface area contributed by atoms with E-state index in [0.29, 0.717) is 31.0 Å². The minimum atomic E-state index is -0.901. The highest BCUT2D eigenvalue weighted by molar-refractivity contribution is 5.99. The number of anilines is 1. The van der Waals surface area contributed by atoms with Crippen LogP contribution in [0.2, 0.25) is 0 Å². The summed E-state index contributed by atoms with van der Waals surface area (Å²) in [5.74, 6) is -0.616. The van der Waals surface area contributed by atoms with Crippen molar-refractivity contribution in [3.05, 3.63) is 29.8 Å². The van der Waals surface area contributed by atoms with Gasteiger partial charge in [-0.1, -0.05) is 6.42 Å². The summed E-state index contributed by atoms with van der Waals surface area (Å²) in [6.07, 6.45) is 4.38. The zero-order chi connectivity index (χ0) is 17.6. The number of amides is 2. The number of fused-ring (bicyclic) bond motifs is 1. The predicted octanol–water partition coefficient (Wildman–Crippen LogP) is 2.14. The Kier molecular flexibility index (Phi) is 3.98. The van der Waals surface area contributed by atoms with Crippen LogP contribution in [0.25, 0.3) is 0 Å². The Bertz CT molecular complexity index is 715. The number of carboxylic acid groups (broad SMARTS) is 1. The maximum atomic E-state index is 12.9. The summed E-state index contributed by atoms with van der Waals surface area (Å²) in [4.78, 5) is 39.7.